The van der Waals surface area contributed by atoms with Gasteiger partial charge in [-0.15, -0.1) is 0 Å². The molecule has 2 aromatic rings. The molecule has 0 aliphatic carbocycles. The van der Waals surface area contributed by atoms with Crippen LogP contribution in [0.2, 0.25) is 5.02 Å². The first-order valence-corrected chi connectivity index (χ1v) is 8.05. The van der Waals surface area contributed by atoms with Gasteiger partial charge in [0.1, 0.15) is 0 Å². The van der Waals surface area contributed by atoms with Crippen LogP contribution in [0.5, 0.6) is 0 Å². The van der Waals surface area contributed by atoms with Gasteiger partial charge in [0.25, 0.3) is 15.7 Å². The maximum atomic E-state index is 12.2. The zero-order valence-corrected chi connectivity index (χ0v) is 12.8. The van der Waals surface area contributed by atoms with E-state index in [-0.39, 0.29) is 26.3 Å². The number of nitro benzene ring substituents is 1. The Hall–Kier alpha value is -1.91. The summed E-state index contributed by atoms with van der Waals surface area (Å²) >= 11 is 6.36. The number of thiazole rings is 1. The van der Waals surface area contributed by atoms with E-state index >= 15 is 0 Å². The molecule has 0 aliphatic heterocycles. The van der Waals surface area contributed by atoms with Crippen molar-refractivity contribution in [3.63, 3.8) is 0 Å². The normalized spacial score (nSPS) is 11.3. The summed E-state index contributed by atoms with van der Waals surface area (Å²) in [4.78, 5) is 23.0. The van der Waals surface area contributed by atoms with E-state index in [0.29, 0.717) is 11.3 Å². The molecule has 112 valence electrons. The second-order valence-electron chi connectivity index (χ2n) is 3.95. The summed E-state index contributed by atoms with van der Waals surface area (Å²) in [6.45, 7) is 1.45. The minimum atomic E-state index is -4.00. The number of hydrogen-bond acceptors (Lipinski definition) is 6. The smallest absolute Gasteiger partial charge is 0.306 e. The van der Waals surface area contributed by atoms with E-state index in [4.69, 9.17) is 11.6 Å². The lowest BCUT2D eigenvalue weighted by Crippen LogP contribution is -2.13. The largest absolute Gasteiger partial charge is 0.315 e. The van der Waals surface area contributed by atoms with Crippen LogP contribution in [0.4, 0.5) is 11.4 Å². The Morgan fingerprint density at radius 1 is 1.43 bits per heavy atom. The van der Waals surface area contributed by atoms with Gasteiger partial charge in [0, 0.05) is 17.8 Å². The van der Waals surface area contributed by atoms with Crippen molar-refractivity contribution in [3.8, 4) is 0 Å². The number of aromatic amines is 1. The topological polar surface area (TPSA) is 122 Å². The minimum Gasteiger partial charge on any atom is -0.315 e. The highest BCUT2D eigenvalue weighted by molar-refractivity contribution is 7.94. The number of sulfonamides is 1. The summed E-state index contributed by atoms with van der Waals surface area (Å²) in [6.07, 6.45) is 0. The highest BCUT2D eigenvalue weighted by Crippen LogP contribution is 2.29. The number of anilines is 1. The number of aryl methyl sites for hydroxylation is 1. The minimum absolute atomic E-state index is 0.0116. The van der Waals surface area contributed by atoms with Gasteiger partial charge in [-0.2, -0.15) is 0 Å². The van der Waals surface area contributed by atoms with E-state index in [2.05, 4.69) is 9.71 Å². The van der Waals surface area contributed by atoms with Crippen LogP contribution in [0, 0.1) is 17.0 Å². The van der Waals surface area contributed by atoms with Gasteiger partial charge >= 0.3 is 4.87 Å². The first kappa shape index (κ1) is 15.5. The lowest BCUT2D eigenvalue weighted by Gasteiger charge is -2.08. The number of H-pyrrole nitrogens is 1. The number of nitro groups is 1. The first-order valence-electron chi connectivity index (χ1n) is 5.37. The monoisotopic (exact) mass is 349 g/mol. The lowest BCUT2D eigenvalue weighted by molar-refractivity contribution is -0.384. The van der Waals surface area contributed by atoms with Crippen LogP contribution in [0.1, 0.15) is 5.69 Å². The van der Waals surface area contributed by atoms with Gasteiger partial charge in [0.15, 0.2) is 4.21 Å². The lowest BCUT2D eigenvalue weighted by atomic mass is 10.3. The molecular formula is C10H8ClN3O5S2. The molecule has 0 radical (unpaired) electrons. The van der Waals surface area contributed by atoms with Crippen LogP contribution in [0.3, 0.4) is 0 Å². The van der Waals surface area contributed by atoms with Crippen LogP contribution in [-0.2, 0) is 10.0 Å². The number of benzene rings is 1. The Labute approximate surface area is 127 Å². The maximum Gasteiger partial charge on any atom is 0.306 e. The molecule has 11 heteroatoms. The third kappa shape index (κ3) is 3.23. The number of nitrogens with zero attached hydrogens (tertiary/aromatic N) is 1. The van der Waals surface area contributed by atoms with Crippen molar-refractivity contribution in [2.24, 2.45) is 0 Å². The number of hydrogen-bond donors (Lipinski definition) is 2. The number of aromatic nitrogens is 1. The summed E-state index contributed by atoms with van der Waals surface area (Å²) in [5.74, 6) is 0. The SMILES string of the molecule is Cc1[nH]c(=O)sc1S(=O)(=O)Nc1ccc([N+](=O)[O-])cc1Cl. The molecule has 0 amide bonds. The standard InChI is InChI=1S/C10H8ClN3O5S2/c1-5-9(20-10(15)12-5)21(18,19)13-8-3-2-6(14(16)17)4-7(8)11/h2-4,13H,1H3,(H,12,15). The van der Waals surface area contributed by atoms with Crippen molar-refractivity contribution in [1.29, 1.82) is 0 Å². The van der Waals surface area contributed by atoms with Gasteiger partial charge in [0.2, 0.25) is 0 Å². The molecule has 1 aromatic heterocycles. The van der Waals surface area contributed by atoms with E-state index in [9.17, 15) is 23.3 Å². The maximum absolute atomic E-state index is 12.2. The molecular weight excluding hydrogens is 342 g/mol. The third-order valence-electron chi connectivity index (χ3n) is 2.43. The molecule has 0 saturated carbocycles. The van der Waals surface area contributed by atoms with Crippen molar-refractivity contribution < 1.29 is 13.3 Å². The van der Waals surface area contributed by atoms with Gasteiger partial charge in [-0.05, 0) is 13.0 Å². The number of halogens is 1. The predicted molar refractivity (Wildman–Crippen MR) is 78.6 cm³/mol. The Morgan fingerprint density at radius 3 is 2.57 bits per heavy atom. The Morgan fingerprint density at radius 2 is 2.10 bits per heavy atom. The first-order chi connectivity index (χ1) is 9.70. The molecule has 0 aliphatic rings. The highest BCUT2D eigenvalue weighted by Gasteiger charge is 2.22. The summed E-state index contributed by atoms with van der Waals surface area (Å²) < 4.78 is 26.3. The van der Waals surface area contributed by atoms with Crippen LogP contribution in [-0.4, -0.2) is 18.3 Å². The molecule has 8 nitrogen and oxygen atoms in total. The van der Waals surface area contributed by atoms with Crippen molar-refractivity contribution in [2.45, 2.75) is 11.1 Å². The molecule has 0 fully saturated rings. The molecule has 0 unspecified atom stereocenters. The fourth-order valence-electron chi connectivity index (χ4n) is 1.54. The average Bonchev–Trinajstić information content (AvgIpc) is 2.71. The molecule has 2 N–H and O–H groups in total. The quantitative estimate of drug-likeness (QED) is 0.646. The molecule has 21 heavy (non-hydrogen) atoms. The van der Waals surface area contributed by atoms with Gasteiger partial charge in [-0.25, -0.2) is 8.42 Å². The molecule has 1 aromatic carbocycles. The highest BCUT2D eigenvalue weighted by atomic mass is 35.5. The van der Waals surface area contributed by atoms with E-state index < -0.39 is 19.8 Å². The molecule has 0 spiro atoms. The van der Waals surface area contributed by atoms with Crippen LogP contribution < -0.4 is 9.60 Å². The van der Waals surface area contributed by atoms with Gasteiger partial charge in [-0.3, -0.25) is 19.6 Å². The molecule has 1 heterocycles. The molecule has 0 saturated heterocycles. The number of non-ortho nitro benzene ring substituents is 1. The second-order valence-corrected chi connectivity index (χ2v) is 7.22. The second kappa shape index (κ2) is 5.47. The fourth-order valence-corrected chi connectivity index (χ4v) is 4.20. The van der Waals surface area contributed by atoms with E-state index in [1.807, 2.05) is 0 Å². The van der Waals surface area contributed by atoms with E-state index in [0.717, 1.165) is 12.1 Å². The fraction of sp³-hybridized carbons (Fsp3) is 0.100. The third-order valence-corrected chi connectivity index (χ3v) is 5.72. The summed E-state index contributed by atoms with van der Waals surface area (Å²) in [5, 5.41) is 10.5. The van der Waals surface area contributed by atoms with Crippen LogP contribution in [0.15, 0.2) is 27.2 Å². The average molecular weight is 350 g/mol. The number of rotatable bonds is 4. The zero-order chi connectivity index (χ0) is 15.8. The zero-order valence-electron chi connectivity index (χ0n) is 10.4. The molecule has 2 rings (SSSR count). The predicted octanol–water partition coefficient (Wildman–Crippen LogP) is 2.11. The van der Waals surface area contributed by atoms with E-state index in [1.165, 1.54) is 13.0 Å². The summed E-state index contributed by atoms with van der Waals surface area (Å²) in [6, 6.07) is 3.34. The van der Waals surface area contributed by atoms with Crippen molar-refractivity contribution in [3.05, 3.63) is 48.7 Å². The Bertz CT molecular complexity index is 871. The molecule has 0 atom stereocenters. The number of nitrogens with one attached hydrogen (secondary N) is 2. The van der Waals surface area contributed by atoms with Crippen molar-refractivity contribution in [2.75, 3.05) is 4.72 Å². The van der Waals surface area contributed by atoms with E-state index in [1.54, 1.807) is 0 Å². The summed E-state index contributed by atoms with van der Waals surface area (Å²) in [5.41, 5.74) is -0.0662. The Kier molecular flexibility index (Phi) is 4.03. The van der Waals surface area contributed by atoms with Crippen LogP contribution in [0.25, 0.3) is 0 Å². The van der Waals surface area contributed by atoms with Gasteiger partial charge in [0.05, 0.1) is 15.6 Å². The van der Waals surface area contributed by atoms with Crippen LogP contribution >= 0.6 is 22.9 Å². The van der Waals surface area contributed by atoms with Gasteiger partial charge in [-0.1, -0.05) is 22.9 Å². The van der Waals surface area contributed by atoms with Crippen molar-refractivity contribution in [1.82, 2.24) is 4.98 Å². The summed E-state index contributed by atoms with van der Waals surface area (Å²) in [7, 11) is -4.00. The van der Waals surface area contributed by atoms with Crippen molar-refractivity contribution >= 4 is 44.3 Å². The van der Waals surface area contributed by atoms with Gasteiger partial charge < -0.3 is 4.98 Å². The molecule has 0 bridgehead atoms. The Balaban J connectivity index is 2.40.